The molecule has 6 atom stereocenters. The molecule has 0 aromatic carbocycles. The third kappa shape index (κ3) is 2.06. The van der Waals surface area contributed by atoms with Crippen LogP contribution in [-0.4, -0.2) is 23.3 Å². The SMILES string of the molecule is CC(=O)C1CC[C@@H]2[C@H]3CCC4=CC(=O)CC[C@]4(CO)[C@H]3CC[C@]12C. The number of hydrogen-bond donors (Lipinski definition) is 1. The first-order valence-corrected chi connectivity index (χ1v) is 9.77. The van der Waals surface area contributed by atoms with Gasteiger partial charge in [0.05, 0.1) is 6.61 Å². The van der Waals surface area contributed by atoms with Crippen molar-refractivity contribution in [2.75, 3.05) is 6.61 Å². The Balaban J connectivity index is 1.69. The number of hydrogen-bond acceptors (Lipinski definition) is 3. The molecular formula is C21H30O3. The standard InChI is InChI=1S/C21H30O3/c1-13(23)17-5-6-18-16-4-3-14-11-15(24)7-10-21(14,12-22)19(16)8-9-20(17,18)2/h11,16-19,22H,3-10,12H2,1-2H3/t16-,17?,18-,19+,20-,21-/m1/s1. The average Bonchev–Trinajstić information content (AvgIpc) is 2.91. The third-order valence-corrected chi connectivity index (χ3v) is 8.46. The minimum atomic E-state index is -0.146. The van der Waals surface area contributed by atoms with Gasteiger partial charge in [0.15, 0.2) is 5.78 Å². The molecule has 24 heavy (non-hydrogen) atoms. The maximum Gasteiger partial charge on any atom is 0.155 e. The van der Waals surface area contributed by atoms with E-state index in [1.54, 1.807) is 6.92 Å². The number of ketones is 2. The van der Waals surface area contributed by atoms with Gasteiger partial charge in [0.2, 0.25) is 0 Å². The second-order valence-corrected chi connectivity index (χ2v) is 9.15. The zero-order chi connectivity index (χ0) is 17.1. The van der Waals surface area contributed by atoms with Crippen molar-refractivity contribution in [1.82, 2.24) is 0 Å². The predicted molar refractivity (Wildman–Crippen MR) is 92.3 cm³/mol. The van der Waals surface area contributed by atoms with Crippen LogP contribution in [0.25, 0.3) is 0 Å². The predicted octanol–water partition coefficient (Wildman–Crippen LogP) is 3.70. The molecule has 1 N–H and O–H groups in total. The Morgan fingerprint density at radius 2 is 1.96 bits per heavy atom. The van der Waals surface area contributed by atoms with Crippen LogP contribution in [0.3, 0.4) is 0 Å². The fraction of sp³-hybridized carbons (Fsp3) is 0.810. The smallest absolute Gasteiger partial charge is 0.155 e. The molecule has 0 saturated heterocycles. The first-order valence-electron chi connectivity index (χ1n) is 9.77. The summed E-state index contributed by atoms with van der Waals surface area (Å²) >= 11 is 0. The molecule has 0 heterocycles. The van der Waals surface area contributed by atoms with Crippen LogP contribution < -0.4 is 0 Å². The van der Waals surface area contributed by atoms with Crippen molar-refractivity contribution in [2.24, 2.45) is 34.5 Å². The van der Waals surface area contributed by atoms with Crippen molar-refractivity contribution >= 4 is 11.6 Å². The highest BCUT2D eigenvalue weighted by atomic mass is 16.3. The Labute approximate surface area is 144 Å². The lowest BCUT2D eigenvalue weighted by Crippen LogP contribution is -2.53. The number of fused-ring (bicyclic) bond motifs is 5. The summed E-state index contributed by atoms with van der Waals surface area (Å²) in [5.74, 6) is 2.58. The van der Waals surface area contributed by atoms with E-state index in [1.807, 2.05) is 6.08 Å². The lowest BCUT2D eigenvalue weighted by Gasteiger charge is -2.58. The van der Waals surface area contributed by atoms with Crippen LogP contribution in [0.2, 0.25) is 0 Å². The van der Waals surface area contributed by atoms with Crippen LogP contribution in [0.1, 0.15) is 65.2 Å². The summed E-state index contributed by atoms with van der Waals surface area (Å²) in [5, 5.41) is 10.3. The van der Waals surface area contributed by atoms with Gasteiger partial charge in [-0.3, -0.25) is 9.59 Å². The van der Waals surface area contributed by atoms with Gasteiger partial charge in [0.1, 0.15) is 5.78 Å². The minimum absolute atomic E-state index is 0.146. The van der Waals surface area contributed by atoms with Gasteiger partial charge in [-0.25, -0.2) is 0 Å². The molecule has 4 aliphatic carbocycles. The van der Waals surface area contributed by atoms with Gasteiger partial charge >= 0.3 is 0 Å². The molecule has 4 rings (SSSR count). The van der Waals surface area contributed by atoms with E-state index >= 15 is 0 Å². The molecule has 0 aromatic heterocycles. The first-order chi connectivity index (χ1) is 11.4. The van der Waals surface area contributed by atoms with Crippen molar-refractivity contribution < 1.29 is 14.7 Å². The summed E-state index contributed by atoms with van der Waals surface area (Å²) in [6.45, 7) is 4.31. The van der Waals surface area contributed by atoms with Crippen molar-refractivity contribution in [2.45, 2.75) is 65.2 Å². The number of aliphatic hydroxyl groups excluding tert-OH is 1. The number of Topliss-reactive ketones (excluding diaryl/α,β-unsaturated/α-hetero) is 1. The van der Waals surface area contributed by atoms with E-state index in [2.05, 4.69) is 6.92 Å². The van der Waals surface area contributed by atoms with Crippen LogP contribution in [-0.2, 0) is 9.59 Å². The normalized spacial score (nSPS) is 47.5. The number of aliphatic hydroxyl groups is 1. The quantitative estimate of drug-likeness (QED) is 0.840. The van der Waals surface area contributed by atoms with E-state index in [-0.39, 0.29) is 29.1 Å². The van der Waals surface area contributed by atoms with Gasteiger partial charge in [0.25, 0.3) is 0 Å². The summed E-state index contributed by atoms with van der Waals surface area (Å²) in [7, 11) is 0. The molecule has 0 spiro atoms. The zero-order valence-electron chi connectivity index (χ0n) is 15.0. The molecule has 3 heteroatoms. The molecule has 0 bridgehead atoms. The van der Waals surface area contributed by atoms with Crippen LogP contribution in [0.5, 0.6) is 0 Å². The van der Waals surface area contributed by atoms with Gasteiger partial charge in [-0.1, -0.05) is 12.5 Å². The monoisotopic (exact) mass is 330 g/mol. The van der Waals surface area contributed by atoms with Gasteiger partial charge in [-0.15, -0.1) is 0 Å². The van der Waals surface area contributed by atoms with Crippen molar-refractivity contribution in [3.63, 3.8) is 0 Å². The van der Waals surface area contributed by atoms with E-state index in [1.165, 1.54) is 12.0 Å². The van der Waals surface area contributed by atoms with Crippen LogP contribution >= 0.6 is 0 Å². The largest absolute Gasteiger partial charge is 0.395 e. The molecule has 4 aliphatic rings. The van der Waals surface area contributed by atoms with E-state index < -0.39 is 0 Å². The Hall–Kier alpha value is -0.960. The molecule has 3 fully saturated rings. The van der Waals surface area contributed by atoms with E-state index in [4.69, 9.17) is 0 Å². The highest BCUT2D eigenvalue weighted by molar-refractivity contribution is 5.91. The second-order valence-electron chi connectivity index (χ2n) is 9.15. The Kier molecular flexibility index (Phi) is 3.80. The summed E-state index contributed by atoms with van der Waals surface area (Å²) in [4.78, 5) is 24.1. The van der Waals surface area contributed by atoms with Crippen LogP contribution in [0, 0.1) is 34.5 Å². The summed E-state index contributed by atoms with van der Waals surface area (Å²) in [6.07, 6.45) is 9.80. The molecule has 3 saturated carbocycles. The summed E-state index contributed by atoms with van der Waals surface area (Å²) < 4.78 is 0. The fourth-order valence-corrected chi connectivity index (χ4v) is 7.33. The molecule has 0 amide bonds. The molecule has 3 nitrogen and oxygen atoms in total. The lowest BCUT2D eigenvalue weighted by molar-refractivity contribution is -0.130. The van der Waals surface area contributed by atoms with Gasteiger partial charge < -0.3 is 5.11 Å². The van der Waals surface area contributed by atoms with Crippen molar-refractivity contribution in [3.05, 3.63) is 11.6 Å². The van der Waals surface area contributed by atoms with Gasteiger partial charge in [-0.2, -0.15) is 0 Å². The third-order valence-electron chi connectivity index (χ3n) is 8.46. The van der Waals surface area contributed by atoms with Gasteiger partial charge in [-0.05, 0) is 81.1 Å². The fourth-order valence-electron chi connectivity index (χ4n) is 7.33. The molecule has 0 radical (unpaired) electrons. The Morgan fingerprint density at radius 1 is 1.17 bits per heavy atom. The molecule has 0 aliphatic heterocycles. The Bertz CT molecular complexity index is 606. The average molecular weight is 330 g/mol. The molecule has 0 aromatic rings. The molecular weight excluding hydrogens is 300 g/mol. The van der Waals surface area contributed by atoms with Crippen LogP contribution in [0.4, 0.5) is 0 Å². The summed E-state index contributed by atoms with van der Waals surface area (Å²) in [5.41, 5.74) is 1.24. The Morgan fingerprint density at radius 3 is 2.67 bits per heavy atom. The second kappa shape index (κ2) is 5.52. The highest BCUT2D eigenvalue weighted by Crippen LogP contribution is 2.66. The summed E-state index contributed by atoms with van der Waals surface area (Å²) in [6, 6.07) is 0. The highest BCUT2D eigenvalue weighted by Gasteiger charge is 2.60. The maximum absolute atomic E-state index is 12.2. The topological polar surface area (TPSA) is 54.4 Å². The number of rotatable bonds is 2. The zero-order valence-corrected chi connectivity index (χ0v) is 15.0. The van der Waals surface area contributed by atoms with Crippen LogP contribution in [0.15, 0.2) is 11.6 Å². The molecule has 132 valence electrons. The molecule has 1 unspecified atom stereocenters. The maximum atomic E-state index is 12.2. The number of carbonyl (C=O) groups is 2. The van der Waals surface area contributed by atoms with Crippen molar-refractivity contribution in [3.8, 4) is 0 Å². The number of carbonyl (C=O) groups excluding carboxylic acids is 2. The van der Waals surface area contributed by atoms with E-state index in [0.29, 0.717) is 30.0 Å². The van der Waals surface area contributed by atoms with Crippen molar-refractivity contribution in [1.29, 1.82) is 0 Å². The minimum Gasteiger partial charge on any atom is -0.395 e. The lowest BCUT2D eigenvalue weighted by atomic mass is 9.46. The van der Waals surface area contributed by atoms with E-state index in [0.717, 1.165) is 38.5 Å². The van der Waals surface area contributed by atoms with E-state index in [9.17, 15) is 14.7 Å². The van der Waals surface area contributed by atoms with Gasteiger partial charge in [0, 0.05) is 17.8 Å². The first kappa shape index (κ1) is 16.5.